The number of nitrogens with zero attached hydrogens (tertiary/aromatic N) is 1. The summed E-state index contributed by atoms with van der Waals surface area (Å²) in [6.07, 6.45) is 4.94. The predicted octanol–water partition coefficient (Wildman–Crippen LogP) is 4.84. The van der Waals surface area contributed by atoms with Gasteiger partial charge in [0.25, 0.3) is 0 Å². The van der Waals surface area contributed by atoms with E-state index >= 15 is 0 Å². The summed E-state index contributed by atoms with van der Waals surface area (Å²) in [7, 11) is 0. The zero-order chi connectivity index (χ0) is 17.0. The Morgan fingerprint density at radius 3 is 2.54 bits per heavy atom. The van der Waals surface area contributed by atoms with Crippen LogP contribution in [0.4, 0.5) is 5.82 Å². The molecule has 24 heavy (non-hydrogen) atoms. The lowest BCUT2D eigenvalue weighted by Gasteiger charge is -2.30. The second kappa shape index (κ2) is 7.49. The van der Waals surface area contributed by atoms with Gasteiger partial charge in [-0.25, -0.2) is 4.98 Å². The largest absolute Gasteiger partial charge is 0.362 e. The van der Waals surface area contributed by atoms with E-state index in [-0.39, 0.29) is 5.41 Å². The monoisotopic (exact) mass is 359 g/mol. The number of aromatic nitrogens is 1. The predicted molar refractivity (Wildman–Crippen MR) is 105 cm³/mol. The van der Waals surface area contributed by atoms with Gasteiger partial charge in [-0.05, 0) is 49.7 Å². The molecule has 3 nitrogen and oxygen atoms in total. The van der Waals surface area contributed by atoms with Gasteiger partial charge in [0.1, 0.15) is 5.82 Å². The van der Waals surface area contributed by atoms with Gasteiger partial charge in [-0.1, -0.05) is 54.8 Å². The number of benzene rings is 1. The summed E-state index contributed by atoms with van der Waals surface area (Å²) in [5.41, 5.74) is 2.37. The molecular weight excluding hydrogens is 338 g/mol. The highest BCUT2D eigenvalue weighted by molar-refractivity contribution is 7.80. The molecule has 0 saturated heterocycles. The Balaban J connectivity index is 1.64. The first-order valence-electron chi connectivity index (χ1n) is 8.33. The summed E-state index contributed by atoms with van der Waals surface area (Å²) in [6, 6.07) is 14.4. The summed E-state index contributed by atoms with van der Waals surface area (Å²) >= 11 is 11.5. The molecule has 5 heteroatoms. The topological polar surface area (TPSA) is 37.0 Å². The summed E-state index contributed by atoms with van der Waals surface area (Å²) in [5.74, 6) is 0.717. The maximum absolute atomic E-state index is 6.01. The molecule has 1 heterocycles. The average molecular weight is 360 g/mol. The number of hydrogen-bond donors (Lipinski definition) is 2. The maximum atomic E-state index is 6.01. The lowest BCUT2D eigenvalue weighted by molar-refractivity contribution is 0.435. The minimum atomic E-state index is 0.177. The maximum Gasteiger partial charge on any atom is 0.171 e. The van der Waals surface area contributed by atoms with Crippen LogP contribution in [0, 0.1) is 6.92 Å². The quantitative estimate of drug-likeness (QED) is 0.766. The van der Waals surface area contributed by atoms with E-state index in [0.29, 0.717) is 10.1 Å². The van der Waals surface area contributed by atoms with E-state index in [9.17, 15) is 0 Å². The van der Waals surface area contributed by atoms with Crippen LogP contribution in [-0.4, -0.2) is 16.6 Å². The van der Waals surface area contributed by atoms with Crippen LogP contribution < -0.4 is 10.6 Å². The Bertz CT molecular complexity index is 712. The molecule has 1 aliphatic carbocycles. The molecule has 2 N–H and O–H groups in total. The SMILES string of the molecule is Cc1nc(NC(=S)NCC2(c3ccccc3)CCCC2)ccc1Cl. The van der Waals surface area contributed by atoms with Gasteiger partial charge < -0.3 is 10.6 Å². The van der Waals surface area contributed by atoms with Crippen molar-refractivity contribution < 1.29 is 0 Å². The zero-order valence-corrected chi connectivity index (χ0v) is 15.4. The number of halogens is 1. The van der Waals surface area contributed by atoms with Crippen molar-refractivity contribution in [2.24, 2.45) is 0 Å². The van der Waals surface area contributed by atoms with Crippen LogP contribution in [0.25, 0.3) is 0 Å². The van der Waals surface area contributed by atoms with Crippen LogP contribution in [0.5, 0.6) is 0 Å². The number of aryl methyl sites for hydroxylation is 1. The van der Waals surface area contributed by atoms with Crippen molar-refractivity contribution in [1.29, 1.82) is 0 Å². The van der Waals surface area contributed by atoms with Crippen molar-refractivity contribution in [3.63, 3.8) is 0 Å². The van der Waals surface area contributed by atoms with E-state index in [1.165, 1.54) is 31.2 Å². The summed E-state index contributed by atoms with van der Waals surface area (Å²) < 4.78 is 0. The fourth-order valence-corrected chi connectivity index (χ4v) is 3.72. The van der Waals surface area contributed by atoms with Crippen molar-refractivity contribution in [3.8, 4) is 0 Å². The molecule has 1 fully saturated rings. The Morgan fingerprint density at radius 1 is 1.17 bits per heavy atom. The minimum Gasteiger partial charge on any atom is -0.362 e. The van der Waals surface area contributed by atoms with Crippen LogP contribution in [0.1, 0.15) is 36.9 Å². The van der Waals surface area contributed by atoms with Gasteiger partial charge in [0.15, 0.2) is 5.11 Å². The number of anilines is 1. The fraction of sp³-hybridized carbons (Fsp3) is 0.368. The van der Waals surface area contributed by atoms with E-state index < -0.39 is 0 Å². The first kappa shape index (κ1) is 17.2. The van der Waals surface area contributed by atoms with Crippen molar-refractivity contribution >= 4 is 34.7 Å². The van der Waals surface area contributed by atoms with Crippen LogP contribution in [0.15, 0.2) is 42.5 Å². The first-order valence-corrected chi connectivity index (χ1v) is 9.11. The Kier molecular flexibility index (Phi) is 5.36. The van der Waals surface area contributed by atoms with E-state index in [1.807, 2.05) is 19.1 Å². The van der Waals surface area contributed by atoms with Gasteiger partial charge >= 0.3 is 0 Å². The van der Waals surface area contributed by atoms with Crippen molar-refractivity contribution in [2.45, 2.75) is 38.0 Å². The van der Waals surface area contributed by atoms with Gasteiger partial charge in [0.05, 0.1) is 10.7 Å². The standard InChI is InChI=1S/C19H22ClN3S/c1-14-16(20)9-10-17(22-14)23-18(24)21-13-19(11-5-6-12-19)15-7-3-2-4-8-15/h2-4,7-10H,5-6,11-13H2,1H3,(H2,21,22,23,24). The van der Waals surface area contributed by atoms with E-state index in [2.05, 4.69) is 45.9 Å². The smallest absolute Gasteiger partial charge is 0.171 e. The van der Waals surface area contributed by atoms with Gasteiger partial charge in [-0.3, -0.25) is 0 Å². The summed E-state index contributed by atoms with van der Waals surface area (Å²) in [5, 5.41) is 7.81. The molecule has 3 rings (SSSR count). The Labute approximate surface area is 153 Å². The molecule has 0 bridgehead atoms. The molecule has 0 spiro atoms. The number of thiocarbonyl (C=S) groups is 1. The van der Waals surface area contributed by atoms with Crippen LogP contribution in [0.3, 0.4) is 0 Å². The molecule has 0 atom stereocenters. The van der Waals surface area contributed by atoms with Crippen molar-refractivity contribution in [3.05, 3.63) is 58.7 Å². The average Bonchev–Trinajstić information content (AvgIpc) is 3.07. The molecule has 0 unspecified atom stereocenters. The van der Waals surface area contributed by atoms with E-state index in [1.54, 1.807) is 0 Å². The lowest BCUT2D eigenvalue weighted by Crippen LogP contribution is -2.40. The van der Waals surface area contributed by atoms with Crippen LogP contribution in [-0.2, 0) is 5.41 Å². The zero-order valence-electron chi connectivity index (χ0n) is 13.8. The number of pyridine rings is 1. The molecule has 0 radical (unpaired) electrons. The molecule has 1 aromatic heterocycles. The molecule has 0 amide bonds. The van der Waals surface area contributed by atoms with Crippen molar-refractivity contribution in [2.75, 3.05) is 11.9 Å². The van der Waals surface area contributed by atoms with E-state index in [0.717, 1.165) is 18.1 Å². The highest BCUT2D eigenvalue weighted by atomic mass is 35.5. The van der Waals surface area contributed by atoms with Gasteiger partial charge in [-0.2, -0.15) is 0 Å². The molecule has 1 aromatic carbocycles. The van der Waals surface area contributed by atoms with Crippen LogP contribution >= 0.6 is 23.8 Å². The second-order valence-electron chi connectivity index (χ2n) is 6.42. The second-order valence-corrected chi connectivity index (χ2v) is 7.24. The minimum absolute atomic E-state index is 0.177. The normalized spacial score (nSPS) is 15.9. The summed E-state index contributed by atoms with van der Waals surface area (Å²) in [6.45, 7) is 2.72. The van der Waals surface area contributed by atoms with Gasteiger partial charge in [-0.15, -0.1) is 0 Å². The highest BCUT2D eigenvalue weighted by Crippen LogP contribution is 2.40. The first-order chi connectivity index (χ1) is 11.6. The van der Waals surface area contributed by atoms with E-state index in [4.69, 9.17) is 23.8 Å². The van der Waals surface area contributed by atoms with Gasteiger partial charge in [0, 0.05) is 12.0 Å². The van der Waals surface area contributed by atoms with Crippen molar-refractivity contribution in [1.82, 2.24) is 10.3 Å². The molecular formula is C19H22ClN3S. The molecule has 2 aromatic rings. The van der Waals surface area contributed by atoms with Crippen LogP contribution in [0.2, 0.25) is 5.02 Å². The fourth-order valence-electron chi connectivity index (χ4n) is 3.43. The third-order valence-corrected chi connectivity index (χ3v) is 5.44. The molecule has 1 aliphatic rings. The molecule has 1 saturated carbocycles. The number of nitrogens with one attached hydrogen (secondary N) is 2. The number of rotatable bonds is 4. The third kappa shape index (κ3) is 3.87. The van der Waals surface area contributed by atoms with Gasteiger partial charge in [0.2, 0.25) is 0 Å². The molecule has 0 aliphatic heterocycles. The summed E-state index contributed by atoms with van der Waals surface area (Å²) in [4.78, 5) is 4.40. The Morgan fingerprint density at radius 2 is 1.88 bits per heavy atom. The Hall–Kier alpha value is -1.65. The number of hydrogen-bond acceptors (Lipinski definition) is 2. The highest BCUT2D eigenvalue weighted by Gasteiger charge is 2.35. The third-order valence-electron chi connectivity index (χ3n) is 4.80. The molecule has 126 valence electrons. The lowest BCUT2D eigenvalue weighted by atomic mass is 9.79.